The Balaban J connectivity index is 1.47. The van der Waals surface area contributed by atoms with E-state index in [-0.39, 0.29) is 5.91 Å². The smallest absolute Gasteiger partial charge is 0.251 e. The van der Waals surface area contributed by atoms with Crippen LogP contribution in [0.3, 0.4) is 0 Å². The Labute approximate surface area is 180 Å². The van der Waals surface area contributed by atoms with Crippen molar-refractivity contribution in [3.63, 3.8) is 0 Å². The number of carbonyl (C=O) groups excluding carboxylic acids is 1. The molecule has 0 aromatic heterocycles. The van der Waals surface area contributed by atoms with Crippen molar-refractivity contribution in [3.8, 4) is 5.75 Å². The Bertz CT molecular complexity index is 809. The molecule has 0 bridgehead atoms. The molecule has 5 heteroatoms. The van der Waals surface area contributed by atoms with Crippen LogP contribution < -0.4 is 10.1 Å². The molecule has 1 aliphatic rings. The summed E-state index contributed by atoms with van der Waals surface area (Å²) in [6.45, 7) is 8.11. The Hall–Kier alpha value is -2.37. The SMILES string of the molecule is CCOCc1cc(C(=O)NCC[C@H]2C[C@H](C)N(Cc3ccccc3)C2)ccc1OC. The van der Waals surface area contributed by atoms with Crippen LogP contribution in [0.25, 0.3) is 0 Å². The van der Waals surface area contributed by atoms with E-state index in [0.717, 1.165) is 30.8 Å². The number of likely N-dealkylation sites (tertiary alicyclic amines) is 1. The first kappa shape index (κ1) is 22.3. The van der Waals surface area contributed by atoms with Crippen molar-refractivity contribution in [2.75, 3.05) is 26.8 Å². The van der Waals surface area contributed by atoms with Crippen LogP contribution in [0.5, 0.6) is 5.75 Å². The molecule has 0 aliphatic carbocycles. The van der Waals surface area contributed by atoms with Gasteiger partial charge in [0.2, 0.25) is 0 Å². The fourth-order valence-corrected chi connectivity index (χ4v) is 4.20. The summed E-state index contributed by atoms with van der Waals surface area (Å²) in [5.74, 6) is 1.33. The van der Waals surface area contributed by atoms with E-state index < -0.39 is 0 Å². The van der Waals surface area contributed by atoms with Gasteiger partial charge in [0.25, 0.3) is 5.91 Å². The van der Waals surface area contributed by atoms with Crippen LogP contribution in [0.4, 0.5) is 0 Å². The molecule has 3 rings (SSSR count). The van der Waals surface area contributed by atoms with Crippen molar-refractivity contribution in [2.24, 2.45) is 5.92 Å². The summed E-state index contributed by atoms with van der Waals surface area (Å²) < 4.78 is 10.9. The number of nitrogens with zero attached hydrogens (tertiary/aromatic N) is 1. The van der Waals surface area contributed by atoms with Gasteiger partial charge in [-0.3, -0.25) is 9.69 Å². The van der Waals surface area contributed by atoms with Crippen molar-refractivity contribution in [1.82, 2.24) is 10.2 Å². The molecule has 1 amide bonds. The number of methoxy groups -OCH3 is 1. The molecule has 2 aromatic carbocycles. The molecule has 0 spiro atoms. The van der Waals surface area contributed by atoms with Crippen LogP contribution in [0.15, 0.2) is 48.5 Å². The van der Waals surface area contributed by atoms with Crippen LogP contribution in [0, 0.1) is 5.92 Å². The van der Waals surface area contributed by atoms with Crippen LogP contribution in [-0.2, 0) is 17.9 Å². The van der Waals surface area contributed by atoms with E-state index in [1.807, 2.05) is 25.1 Å². The highest BCUT2D eigenvalue weighted by atomic mass is 16.5. The van der Waals surface area contributed by atoms with Crippen LogP contribution >= 0.6 is 0 Å². The predicted octanol–water partition coefficient (Wildman–Crippen LogP) is 4.26. The number of ether oxygens (including phenoxy) is 2. The molecule has 162 valence electrons. The lowest BCUT2D eigenvalue weighted by atomic mass is 10.0. The minimum atomic E-state index is -0.0393. The molecule has 5 nitrogen and oxygen atoms in total. The molecule has 2 aromatic rings. The van der Waals surface area contributed by atoms with Crippen molar-refractivity contribution < 1.29 is 14.3 Å². The lowest BCUT2D eigenvalue weighted by Crippen LogP contribution is -2.28. The fourth-order valence-electron chi connectivity index (χ4n) is 4.20. The molecule has 1 fully saturated rings. The van der Waals surface area contributed by atoms with Crippen molar-refractivity contribution >= 4 is 5.91 Å². The molecule has 2 atom stereocenters. The Morgan fingerprint density at radius 1 is 1.20 bits per heavy atom. The van der Waals surface area contributed by atoms with Crippen molar-refractivity contribution in [1.29, 1.82) is 0 Å². The summed E-state index contributed by atoms with van der Waals surface area (Å²) in [5, 5.41) is 3.09. The third kappa shape index (κ3) is 6.07. The highest BCUT2D eigenvalue weighted by molar-refractivity contribution is 5.94. The first-order chi connectivity index (χ1) is 14.6. The maximum Gasteiger partial charge on any atom is 0.251 e. The van der Waals surface area contributed by atoms with Gasteiger partial charge in [-0.1, -0.05) is 30.3 Å². The summed E-state index contributed by atoms with van der Waals surface area (Å²) in [7, 11) is 1.63. The summed E-state index contributed by atoms with van der Waals surface area (Å²) in [5.41, 5.74) is 2.91. The van der Waals surface area contributed by atoms with Gasteiger partial charge >= 0.3 is 0 Å². The zero-order valence-electron chi connectivity index (χ0n) is 18.4. The third-order valence-electron chi connectivity index (χ3n) is 5.86. The van der Waals surface area contributed by atoms with Gasteiger partial charge in [0.1, 0.15) is 5.75 Å². The molecule has 1 heterocycles. The van der Waals surface area contributed by atoms with E-state index in [1.54, 1.807) is 7.11 Å². The first-order valence-corrected chi connectivity index (χ1v) is 10.9. The summed E-state index contributed by atoms with van der Waals surface area (Å²) >= 11 is 0. The molecule has 0 radical (unpaired) electrons. The number of amides is 1. The molecule has 1 aliphatic heterocycles. The Kier molecular flexibility index (Phi) is 8.29. The van der Waals surface area contributed by atoms with E-state index in [2.05, 4.69) is 47.5 Å². The first-order valence-electron chi connectivity index (χ1n) is 10.9. The number of nitrogens with one attached hydrogen (secondary N) is 1. The van der Waals surface area contributed by atoms with E-state index in [0.29, 0.717) is 37.3 Å². The highest BCUT2D eigenvalue weighted by Crippen LogP contribution is 2.27. The zero-order chi connectivity index (χ0) is 21.3. The molecule has 30 heavy (non-hydrogen) atoms. The predicted molar refractivity (Wildman–Crippen MR) is 120 cm³/mol. The zero-order valence-corrected chi connectivity index (χ0v) is 18.4. The number of rotatable bonds is 10. The number of benzene rings is 2. The minimum Gasteiger partial charge on any atom is -0.496 e. The average molecular weight is 411 g/mol. The Morgan fingerprint density at radius 2 is 2.00 bits per heavy atom. The van der Waals surface area contributed by atoms with E-state index in [4.69, 9.17) is 9.47 Å². The molecular weight excluding hydrogens is 376 g/mol. The minimum absolute atomic E-state index is 0.0393. The summed E-state index contributed by atoms with van der Waals surface area (Å²) in [6, 6.07) is 16.7. The normalized spacial score (nSPS) is 19.0. The fraction of sp³-hybridized carbons (Fsp3) is 0.480. The molecule has 1 saturated heterocycles. The van der Waals surface area contributed by atoms with E-state index in [9.17, 15) is 4.79 Å². The maximum absolute atomic E-state index is 12.6. The van der Waals surface area contributed by atoms with Gasteiger partial charge in [0.05, 0.1) is 13.7 Å². The monoisotopic (exact) mass is 410 g/mol. The van der Waals surface area contributed by atoms with Gasteiger partial charge in [0, 0.05) is 43.4 Å². The second-order valence-corrected chi connectivity index (χ2v) is 8.07. The van der Waals surface area contributed by atoms with Gasteiger partial charge in [-0.25, -0.2) is 0 Å². The van der Waals surface area contributed by atoms with Gasteiger partial charge in [0.15, 0.2) is 0 Å². The van der Waals surface area contributed by atoms with E-state index in [1.165, 1.54) is 12.0 Å². The van der Waals surface area contributed by atoms with Crippen LogP contribution in [0.2, 0.25) is 0 Å². The van der Waals surface area contributed by atoms with Crippen molar-refractivity contribution in [2.45, 2.75) is 45.9 Å². The Morgan fingerprint density at radius 3 is 2.73 bits per heavy atom. The quantitative estimate of drug-likeness (QED) is 0.636. The second kappa shape index (κ2) is 11.1. The average Bonchev–Trinajstić information content (AvgIpc) is 3.11. The van der Waals surface area contributed by atoms with Gasteiger partial charge in [-0.15, -0.1) is 0 Å². The number of carbonyl (C=O) groups is 1. The van der Waals surface area contributed by atoms with Gasteiger partial charge in [-0.2, -0.15) is 0 Å². The molecule has 0 saturated carbocycles. The number of hydrogen-bond acceptors (Lipinski definition) is 4. The molecule has 1 N–H and O–H groups in total. The largest absolute Gasteiger partial charge is 0.496 e. The lowest BCUT2D eigenvalue weighted by molar-refractivity contribution is 0.0950. The van der Waals surface area contributed by atoms with Gasteiger partial charge < -0.3 is 14.8 Å². The highest BCUT2D eigenvalue weighted by Gasteiger charge is 2.28. The molecule has 0 unspecified atom stereocenters. The van der Waals surface area contributed by atoms with E-state index >= 15 is 0 Å². The maximum atomic E-state index is 12.6. The standard InChI is InChI=1S/C25H34N2O3/c1-4-30-18-23-15-22(10-11-24(23)29-3)25(28)26-13-12-21-14-19(2)27(17-21)16-20-8-6-5-7-9-20/h5-11,15,19,21H,4,12-14,16-18H2,1-3H3,(H,26,28)/t19-,21-/m0/s1. The summed E-state index contributed by atoms with van der Waals surface area (Å²) in [4.78, 5) is 15.2. The topological polar surface area (TPSA) is 50.8 Å². The van der Waals surface area contributed by atoms with Crippen LogP contribution in [0.1, 0.15) is 48.2 Å². The van der Waals surface area contributed by atoms with Crippen molar-refractivity contribution in [3.05, 3.63) is 65.2 Å². The van der Waals surface area contributed by atoms with Crippen LogP contribution in [-0.4, -0.2) is 43.7 Å². The summed E-state index contributed by atoms with van der Waals surface area (Å²) in [6.07, 6.45) is 2.19. The molecular formula is C25H34N2O3. The van der Waals surface area contributed by atoms with Gasteiger partial charge in [-0.05, 0) is 56.4 Å². The number of hydrogen-bond donors (Lipinski definition) is 1. The third-order valence-corrected chi connectivity index (χ3v) is 5.86. The lowest BCUT2D eigenvalue weighted by Gasteiger charge is -2.21. The second-order valence-electron chi connectivity index (χ2n) is 8.07.